The van der Waals surface area contributed by atoms with E-state index < -0.39 is 6.17 Å². The largest absolute Gasteiger partial charge is 0.496 e. The van der Waals surface area contributed by atoms with E-state index >= 15 is 0 Å². The fourth-order valence-corrected chi connectivity index (χ4v) is 1.10. The molecular formula is C9H12FNO2. The Kier molecular flexibility index (Phi) is 3.67. The van der Waals surface area contributed by atoms with Crippen LogP contribution in [0.25, 0.3) is 0 Å². The molecule has 1 atom stereocenters. The molecule has 0 aromatic heterocycles. The van der Waals surface area contributed by atoms with Crippen LogP contribution in [-0.2, 0) is 4.84 Å². The highest BCUT2D eigenvalue weighted by Gasteiger charge is 2.13. The maximum absolute atomic E-state index is 13.3. The zero-order valence-corrected chi connectivity index (χ0v) is 7.37. The van der Waals surface area contributed by atoms with Gasteiger partial charge in [0.15, 0.2) is 6.17 Å². The zero-order chi connectivity index (χ0) is 9.68. The molecule has 3 nitrogen and oxygen atoms in total. The SMILES string of the molecule is COc1ccccc1C(F)CON. The van der Waals surface area contributed by atoms with Crippen molar-refractivity contribution in [2.75, 3.05) is 13.7 Å². The lowest BCUT2D eigenvalue weighted by atomic mass is 10.1. The van der Waals surface area contributed by atoms with Crippen LogP contribution in [0.1, 0.15) is 11.7 Å². The van der Waals surface area contributed by atoms with Gasteiger partial charge in [-0.2, -0.15) is 0 Å². The topological polar surface area (TPSA) is 44.5 Å². The third kappa shape index (κ3) is 2.40. The van der Waals surface area contributed by atoms with E-state index in [-0.39, 0.29) is 6.61 Å². The average Bonchev–Trinajstić information content (AvgIpc) is 2.18. The number of hydrogen-bond acceptors (Lipinski definition) is 3. The fourth-order valence-electron chi connectivity index (χ4n) is 1.10. The second-order valence-electron chi connectivity index (χ2n) is 2.54. The smallest absolute Gasteiger partial charge is 0.154 e. The molecule has 4 heteroatoms. The number of halogens is 1. The first-order valence-corrected chi connectivity index (χ1v) is 3.88. The van der Waals surface area contributed by atoms with Crippen LogP contribution >= 0.6 is 0 Å². The van der Waals surface area contributed by atoms with E-state index in [0.717, 1.165) is 0 Å². The summed E-state index contributed by atoms with van der Waals surface area (Å²) in [4.78, 5) is 4.23. The van der Waals surface area contributed by atoms with Crippen molar-refractivity contribution >= 4 is 0 Å². The average molecular weight is 185 g/mol. The monoisotopic (exact) mass is 185 g/mol. The standard InChI is InChI=1S/C9H12FNO2/c1-12-9-5-3-2-4-7(9)8(10)6-13-11/h2-5,8H,6,11H2,1H3. The van der Waals surface area contributed by atoms with Gasteiger partial charge in [-0.15, -0.1) is 0 Å². The number of benzene rings is 1. The Morgan fingerprint density at radius 3 is 2.77 bits per heavy atom. The summed E-state index contributed by atoms with van der Waals surface area (Å²) >= 11 is 0. The number of alkyl halides is 1. The Morgan fingerprint density at radius 2 is 2.15 bits per heavy atom. The number of methoxy groups -OCH3 is 1. The van der Waals surface area contributed by atoms with Crippen molar-refractivity contribution in [1.82, 2.24) is 0 Å². The number of rotatable bonds is 4. The quantitative estimate of drug-likeness (QED) is 0.724. The van der Waals surface area contributed by atoms with E-state index in [1.54, 1.807) is 24.3 Å². The van der Waals surface area contributed by atoms with Gasteiger partial charge in [0, 0.05) is 5.56 Å². The van der Waals surface area contributed by atoms with Gasteiger partial charge in [-0.05, 0) is 6.07 Å². The molecule has 0 fully saturated rings. The third-order valence-electron chi connectivity index (χ3n) is 1.72. The van der Waals surface area contributed by atoms with Gasteiger partial charge in [-0.1, -0.05) is 18.2 Å². The maximum atomic E-state index is 13.3. The van der Waals surface area contributed by atoms with Crippen molar-refractivity contribution in [3.8, 4) is 5.75 Å². The minimum atomic E-state index is -1.25. The van der Waals surface area contributed by atoms with Gasteiger partial charge in [-0.3, -0.25) is 0 Å². The molecule has 72 valence electrons. The van der Waals surface area contributed by atoms with Gasteiger partial charge < -0.3 is 9.57 Å². The van der Waals surface area contributed by atoms with Crippen molar-refractivity contribution in [3.63, 3.8) is 0 Å². The lowest BCUT2D eigenvalue weighted by Gasteiger charge is -2.10. The molecule has 0 aliphatic heterocycles. The molecule has 1 unspecified atom stereocenters. The summed E-state index contributed by atoms with van der Waals surface area (Å²) in [5.74, 6) is 5.28. The van der Waals surface area contributed by atoms with E-state index in [1.165, 1.54) is 7.11 Å². The minimum Gasteiger partial charge on any atom is -0.496 e. The van der Waals surface area contributed by atoms with Gasteiger partial charge in [0.1, 0.15) is 12.4 Å². The van der Waals surface area contributed by atoms with Crippen LogP contribution in [0.4, 0.5) is 4.39 Å². The second-order valence-corrected chi connectivity index (χ2v) is 2.54. The molecular weight excluding hydrogens is 173 g/mol. The first-order valence-electron chi connectivity index (χ1n) is 3.88. The summed E-state index contributed by atoms with van der Waals surface area (Å²) in [5, 5.41) is 0. The summed E-state index contributed by atoms with van der Waals surface area (Å²) in [7, 11) is 1.49. The number of hydrogen-bond donors (Lipinski definition) is 1. The van der Waals surface area contributed by atoms with E-state index in [0.29, 0.717) is 11.3 Å². The molecule has 0 saturated carbocycles. The highest BCUT2D eigenvalue weighted by molar-refractivity contribution is 5.34. The second kappa shape index (κ2) is 4.79. The van der Waals surface area contributed by atoms with Crippen LogP contribution in [0.2, 0.25) is 0 Å². The summed E-state index contributed by atoms with van der Waals surface area (Å²) in [5.41, 5.74) is 0.454. The van der Waals surface area contributed by atoms with Gasteiger partial charge in [0.2, 0.25) is 0 Å². The Bertz CT molecular complexity index is 268. The molecule has 2 N–H and O–H groups in total. The molecule has 0 saturated heterocycles. The fraction of sp³-hybridized carbons (Fsp3) is 0.333. The Balaban J connectivity index is 2.85. The van der Waals surface area contributed by atoms with Crippen LogP contribution in [0.15, 0.2) is 24.3 Å². The highest BCUT2D eigenvalue weighted by atomic mass is 19.1. The number of nitrogens with two attached hydrogens (primary N) is 1. The Morgan fingerprint density at radius 1 is 1.46 bits per heavy atom. The van der Waals surface area contributed by atoms with Crippen LogP contribution in [0, 0.1) is 0 Å². The van der Waals surface area contributed by atoms with Crippen molar-refractivity contribution in [2.24, 2.45) is 5.90 Å². The van der Waals surface area contributed by atoms with Gasteiger partial charge >= 0.3 is 0 Å². The van der Waals surface area contributed by atoms with E-state index in [9.17, 15) is 4.39 Å². The molecule has 0 heterocycles. The van der Waals surface area contributed by atoms with Crippen LogP contribution < -0.4 is 10.6 Å². The predicted molar refractivity (Wildman–Crippen MR) is 47.0 cm³/mol. The van der Waals surface area contributed by atoms with Gasteiger partial charge in [0.25, 0.3) is 0 Å². The lowest BCUT2D eigenvalue weighted by Crippen LogP contribution is -2.08. The van der Waals surface area contributed by atoms with Crippen molar-refractivity contribution in [1.29, 1.82) is 0 Å². The number of para-hydroxylation sites is 1. The third-order valence-corrected chi connectivity index (χ3v) is 1.72. The van der Waals surface area contributed by atoms with Crippen molar-refractivity contribution in [3.05, 3.63) is 29.8 Å². The van der Waals surface area contributed by atoms with Gasteiger partial charge in [-0.25, -0.2) is 10.3 Å². The molecule has 0 bridgehead atoms. The van der Waals surface area contributed by atoms with Crippen LogP contribution in [-0.4, -0.2) is 13.7 Å². The molecule has 0 aliphatic carbocycles. The first-order chi connectivity index (χ1) is 6.29. The Labute approximate surface area is 76.2 Å². The van der Waals surface area contributed by atoms with Crippen LogP contribution in [0.3, 0.4) is 0 Å². The van der Waals surface area contributed by atoms with E-state index in [2.05, 4.69) is 4.84 Å². The number of ether oxygens (including phenoxy) is 1. The molecule has 1 rings (SSSR count). The molecule has 13 heavy (non-hydrogen) atoms. The molecule has 0 radical (unpaired) electrons. The van der Waals surface area contributed by atoms with E-state index in [4.69, 9.17) is 10.6 Å². The molecule has 1 aromatic rings. The molecule has 0 spiro atoms. The lowest BCUT2D eigenvalue weighted by molar-refractivity contribution is 0.0806. The van der Waals surface area contributed by atoms with Crippen LogP contribution in [0.5, 0.6) is 5.75 Å². The molecule has 1 aromatic carbocycles. The van der Waals surface area contributed by atoms with Gasteiger partial charge in [0.05, 0.1) is 7.11 Å². The summed E-state index contributed by atoms with van der Waals surface area (Å²) in [6.45, 7) is -0.166. The summed E-state index contributed by atoms with van der Waals surface area (Å²) < 4.78 is 18.3. The summed E-state index contributed by atoms with van der Waals surface area (Å²) in [6.07, 6.45) is -1.25. The van der Waals surface area contributed by atoms with Crippen molar-refractivity contribution in [2.45, 2.75) is 6.17 Å². The Hall–Kier alpha value is -1.13. The maximum Gasteiger partial charge on any atom is 0.154 e. The minimum absolute atomic E-state index is 0.166. The molecule has 0 amide bonds. The molecule has 0 aliphatic rings. The van der Waals surface area contributed by atoms with Crippen molar-refractivity contribution < 1.29 is 14.0 Å². The predicted octanol–water partition coefficient (Wildman–Crippen LogP) is 1.60. The zero-order valence-electron chi connectivity index (χ0n) is 7.37. The van der Waals surface area contributed by atoms with E-state index in [1.807, 2.05) is 0 Å². The summed E-state index contributed by atoms with van der Waals surface area (Å²) in [6, 6.07) is 6.85. The highest BCUT2D eigenvalue weighted by Crippen LogP contribution is 2.27. The first kappa shape index (κ1) is 9.95. The normalized spacial score (nSPS) is 12.5.